The topological polar surface area (TPSA) is 9.23 Å². The van der Waals surface area contributed by atoms with Crippen LogP contribution in [0, 0.1) is 0 Å². The molecule has 0 N–H and O–H groups in total. The van der Waals surface area contributed by atoms with Gasteiger partial charge in [-0.05, 0) is 23.9 Å². The zero-order valence-electron chi connectivity index (χ0n) is 16.4. The van der Waals surface area contributed by atoms with E-state index in [4.69, 9.17) is 4.43 Å². The van der Waals surface area contributed by atoms with Gasteiger partial charge in [-0.15, -0.1) is 0 Å². The van der Waals surface area contributed by atoms with Crippen molar-refractivity contribution in [3.8, 4) is 0 Å². The molecule has 22 heavy (non-hydrogen) atoms. The van der Waals surface area contributed by atoms with Crippen molar-refractivity contribution in [2.45, 2.75) is 129 Å². The van der Waals surface area contributed by atoms with Crippen LogP contribution in [0.1, 0.15) is 112 Å². The van der Waals surface area contributed by atoms with Crippen LogP contribution in [0.25, 0.3) is 0 Å². The summed E-state index contributed by atoms with van der Waals surface area (Å²) in [5.74, 6) is 0. The van der Waals surface area contributed by atoms with Gasteiger partial charge in [0.1, 0.15) is 0 Å². The fourth-order valence-corrected chi connectivity index (χ4v) is 5.65. The van der Waals surface area contributed by atoms with Crippen molar-refractivity contribution in [1.82, 2.24) is 0 Å². The minimum atomic E-state index is -0.661. The second kappa shape index (κ2) is 14.7. The number of unbranched alkanes of at least 4 members (excludes halogenated alkanes) is 7. The Morgan fingerprint density at radius 2 is 1.09 bits per heavy atom. The van der Waals surface area contributed by atoms with E-state index in [1.807, 2.05) is 0 Å². The van der Waals surface area contributed by atoms with Crippen LogP contribution in [-0.4, -0.2) is 15.1 Å². The number of hydrogen-bond donors (Lipinski definition) is 0. The maximum absolute atomic E-state index is 6.62. The van der Waals surface area contributed by atoms with Crippen LogP contribution in [-0.2, 0) is 4.43 Å². The molecule has 0 heterocycles. The molecule has 0 aliphatic heterocycles. The number of hydrogen-bond acceptors (Lipinski definition) is 1. The van der Waals surface area contributed by atoms with Crippen molar-refractivity contribution in [3.05, 3.63) is 0 Å². The smallest absolute Gasteiger partial charge is 0.217 e. The highest BCUT2D eigenvalue weighted by atomic mass is 28.3. The fraction of sp³-hybridized carbons (Fsp3) is 1.00. The van der Waals surface area contributed by atoms with Crippen LogP contribution in [0.5, 0.6) is 0 Å². The van der Waals surface area contributed by atoms with Gasteiger partial charge in [-0.1, -0.05) is 99.3 Å². The Morgan fingerprint density at radius 3 is 1.59 bits per heavy atom. The molecular weight excluding hydrogens is 284 g/mol. The summed E-state index contributed by atoms with van der Waals surface area (Å²) in [6, 6.07) is 0. The van der Waals surface area contributed by atoms with Crippen molar-refractivity contribution in [3.63, 3.8) is 0 Å². The molecule has 1 unspecified atom stereocenters. The molecule has 1 nitrogen and oxygen atoms in total. The second-order valence-electron chi connectivity index (χ2n) is 7.50. The Labute approximate surface area is 143 Å². The third-order valence-corrected chi connectivity index (χ3v) is 7.33. The Morgan fingerprint density at radius 1 is 0.636 bits per heavy atom. The quantitative estimate of drug-likeness (QED) is 0.223. The van der Waals surface area contributed by atoms with Gasteiger partial charge in [-0.25, -0.2) is 0 Å². The molecule has 0 rings (SSSR count). The normalized spacial score (nSPS) is 13.5. The Kier molecular flexibility index (Phi) is 14.9. The van der Waals surface area contributed by atoms with Gasteiger partial charge in [-0.3, -0.25) is 0 Å². The average Bonchev–Trinajstić information content (AvgIpc) is 2.47. The first-order chi connectivity index (χ1) is 10.5. The monoisotopic (exact) mass is 327 g/mol. The van der Waals surface area contributed by atoms with Crippen LogP contribution >= 0.6 is 0 Å². The van der Waals surface area contributed by atoms with Crippen molar-refractivity contribution < 1.29 is 4.43 Å². The molecule has 0 aliphatic carbocycles. The van der Waals surface area contributed by atoms with E-state index in [0.717, 1.165) is 11.1 Å². The summed E-state index contributed by atoms with van der Waals surface area (Å²) in [5, 5.41) is 0. The Hall–Kier alpha value is 0.177. The predicted molar refractivity (Wildman–Crippen MR) is 103 cm³/mol. The highest BCUT2D eigenvalue weighted by Crippen LogP contribution is 2.25. The second-order valence-corrected chi connectivity index (χ2v) is 10.9. The summed E-state index contributed by atoms with van der Waals surface area (Å²) >= 11 is 0. The first kappa shape index (κ1) is 22.2. The zero-order chi connectivity index (χ0) is 16.8. The van der Waals surface area contributed by atoms with E-state index in [0.29, 0.717) is 6.10 Å². The molecule has 0 aromatic rings. The highest BCUT2D eigenvalue weighted by molar-refractivity contribution is 6.55. The third-order valence-electron chi connectivity index (χ3n) is 4.45. The summed E-state index contributed by atoms with van der Waals surface area (Å²) in [6.07, 6.45) is 15.5. The van der Waals surface area contributed by atoms with Crippen LogP contribution in [0.4, 0.5) is 0 Å². The average molecular weight is 328 g/mol. The minimum Gasteiger partial charge on any atom is -0.413 e. The molecule has 2 heteroatoms. The van der Waals surface area contributed by atoms with Crippen LogP contribution in [0.3, 0.4) is 0 Å². The SMILES string of the molecule is CCCCCCCCCC(CCCC)O[Si](C(C)C)C(C)C. The van der Waals surface area contributed by atoms with Gasteiger partial charge in [0.05, 0.1) is 0 Å². The molecule has 0 aromatic heterocycles. The van der Waals surface area contributed by atoms with E-state index in [1.54, 1.807) is 0 Å². The molecular formula is C20H43OSi. The molecule has 0 saturated heterocycles. The summed E-state index contributed by atoms with van der Waals surface area (Å²) in [5.41, 5.74) is 1.45. The van der Waals surface area contributed by atoms with E-state index >= 15 is 0 Å². The lowest BCUT2D eigenvalue weighted by atomic mass is 10.0. The van der Waals surface area contributed by atoms with Crippen molar-refractivity contribution in [2.24, 2.45) is 0 Å². The maximum atomic E-state index is 6.62. The lowest BCUT2D eigenvalue weighted by Gasteiger charge is -2.28. The molecule has 0 aliphatic rings. The van der Waals surface area contributed by atoms with Crippen molar-refractivity contribution >= 4 is 9.04 Å². The molecule has 0 spiro atoms. The van der Waals surface area contributed by atoms with E-state index in [2.05, 4.69) is 41.5 Å². The molecule has 133 valence electrons. The molecule has 1 radical (unpaired) electrons. The molecule has 0 amide bonds. The Bertz CT molecular complexity index is 220. The minimum absolute atomic E-state index is 0.536. The van der Waals surface area contributed by atoms with Crippen molar-refractivity contribution in [1.29, 1.82) is 0 Å². The largest absolute Gasteiger partial charge is 0.413 e. The molecule has 0 aromatic carbocycles. The standard InChI is InChI=1S/C20H43OSi/c1-7-9-11-12-13-14-15-17-20(16-10-8-2)21-22(18(3)4)19(5)6/h18-20H,7-17H2,1-6H3. The third kappa shape index (κ3) is 11.7. The van der Waals surface area contributed by atoms with Gasteiger partial charge >= 0.3 is 0 Å². The summed E-state index contributed by atoms with van der Waals surface area (Å²) in [6.45, 7) is 14.0. The van der Waals surface area contributed by atoms with Gasteiger partial charge in [0.2, 0.25) is 9.04 Å². The lowest BCUT2D eigenvalue weighted by Crippen LogP contribution is -2.31. The van der Waals surface area contributed by atoms with Gasteiger partial charge in [0.25, 0.3) is 0 Å². The van der Waals surface area contributed by atoms with E-state index in [1.165, 1.54) is 70.6 Å². The molecule has 0 bridgehead atoms. The molecule has 0 saturated carbocycles. The summed E-state index contributed by atoms with van der Waals surface area (Å²) in [7, 11) is -0.661. The zero-order valence-corrected chi connectivity index (χ0v) is 17.4. The van der Waals surface area contributed by atoms with Crippen LogP contribution < -0.4 is 0 Å². The Balaban J connectivity index is 4.05. The summed E-state index contributed by atoms with van der Waals surface area (Å²) < 4.78 is 6.62. The van der Waals surface area contributed by atoms with Gasteiger partial charge < -0.3 is 4.43 Å². The predicted octanol–water partition coefficient (Wildman–Crippen LogP) is 7.51. The van der Waals surface area contributed by atoms with Crippen LogP contribution in [0.2, 0.25) is 11.1 Å². The number of rotatable bonds is 15. The maximum Gasteiger partial charge on any atom is 0.217 e. The van der Waals surface area contributed by atoms with E-state index < -0.39 is 9.04 Å². The molecule has 0 fully saturated rings. The van der Waals surface area contributed by atoms with E-state index in [9.17, 15) is 0 Å². The first-order valence-corrected chi connectivity index (χ1v) is 11.6. The first-order valence-electron chi connectivity index (χ1n) is 10.1. The molecule has 1 atom stereocenters. The van der Waals surface area contributed by atoms with Gasteiger partial charge in [0.15, 0.2) is 0 Å². The lowest BCUT2D eigenvalue weighted by molar-refractivity contribution is 0.166. The van der Waals surface area contributed by atoms with E-state index in [-0.39, 0.29) is 0 Å². The highest BCUT2D eigenvalue weighted by Gasteiger charge is 2.25. The fourth-order valence-electron chi connectivity index (χ4n) is 3.15. The van der Waals surface area contributed by atoms with Crippen molar-refractivity contribution in [2.75, 3.05) is 0 Å². The summed E-state index contributed by atoms with van der Waals surface area (Å²) in [4.78, 5) is 0. The van der Waals surface area contributed by atoms with Gasteiger partial charge in [-0.2, -0.15) is 0 Å². The van der Waals surface area contributed by atoms with Crippen LogP contribution in [0.15, 0.2) is 0 Å². The van der Waals surface area contributed by atoms with Gasteiger partial charge in [0, 0.05) is 6.10 Å².